The summed E-state index contributed by atoms with van der Waals surface area (Å²) in [5.41, 5.74) is -1.05. The molecule has 252 valence electrons. The van der Waals surface area contributed by atoms with Crippen LogP contribution in [0.4, 0.5) is 0 Å². The Morgan fingerprint density at radius 2 is 0.591 bits per heavy atom. The van der Waals surface area contributed by atoms with Crippen molar-refractivity contribution in [3.8, 4) is 0 Å². The van der Waals surface area contributed by atoms with Crippen molar-refractivity contribution in [2.24, 2.45) is 63.2 Å². The molecule has 3 heterocycles. The summed E-state index contributed by atoms with van der Waals surface area (Å²) in [5, 5.41) is 30.7. The van der Waals surface area contributed by atoms with E-state index in [1.165, 1.54) is 0 Å². The van der Waals surface area contributed by atoms with Gasteiger partial charge in [0.25, 0.3) is 0 Å². The van der Waals surface area contributed by atoms with Gasteiger partial charge < -0.3 is 0 Å². The smallest absolute Gasteiger partial charge is 0.0637 e. The second-order valence-electron chi connectivity index (χ2n) is 18.4. The van der Waals surface area contributed by atoms with Gasteiger partial charge in [-0.25, -0.2) is 21.3 Å². The van der Waals surface area contributed by atoms with Crippen LogP contribution in [-0.2, 0) is 21.7 Å². The molecular formula is C34H60Cl3N6Ti-. The molecule has 0 bridgehead atoms. The van der Waals surface area contributed by atoms with Crippen LogP contribution in [0.25, 0.3) is 0 Å². The van der Waals surface area contributed by atoms with Gasteiger partial charge in [0, 0.05) is 38.0 Å². The predicted octanol–water partition coefficient (Wildman–Crippen LogP) is 12.4. The molecule has 3 aliphatic rings. The van der Waals surface area contributed by atoms with Crippen LogP contribution < -0.4 is 0 Å². The van der Waals surface area contributed by atoms with Gasteiger partial charge in [0.1, 0.15) is 0 Å². The molecule has 0 aromatic carbocycles. The van der Waals surface area contributed by atoms with E-state index >= 15 is 0 Å². The monoisotopic (exact) mass is 705 g/mol. The molecule has 0 radical (unpaired) electrons. The van der Waals surface area contributed by atoms with Crippen molar-refractivity contribution in [1.82, 2.24) is 0 Å². The van der Waals surface area contributed by atoms with Gasteiger partial charge in [-0.2, -0.15) is 15.3 Å². The molecule has 0 amide bonds. The zero-order valence-electron chi connectivity index (χ0n) is 30.6. The molecule has 0 saturated heterocycles. The van der Waals surface area contributed by atoms with Crippen molar-refractivity contribution in [3.63, 3.8) is 0 Å². The molecule has 10 heteroatoms. The zero-order valence-corrected chi connectivity index (χ0v) is 34.7. The van der Waals surface area contributed by atoms with Gasteiger partial charge in [-0.3, -0.25) is 0 Å². The second-order valence-corrected chi connectivity index (χ2v) is 18.4. The van der Waals surface area contributed by atoms with E-state index < -0.39 is 16.6 Å². The predicted molar refractivity (Wildman–Crippen MR) is 189 cm³/mol. The average molecular weight is 707 g/mol. The van der Waals surface area contributed by atoms with Crippen LogP contribution in [0.2, 0.25) is 0 Å². The van der Waals surface area contributed by atoms with Crippen LogP contribution in [0.3, 0.4) is 0 Å². The summed E-state index contributed by atoms with van der Waals surface area (Å²) in [7, 11) is 0. The van der Waals surface area contributed by atoms with E-state index in [1.807, 2.05) is 0 Å². The standard InChI is InChI=1S/C34H57N6.3ClH.Ti/c1-26(2,3)22-19-32(38-35-22,29(10,11)12)25(33(30(13,14)15)20-23(36-39-33)27(4,5)6)34(31(16,17)18)21-24(37-40-34)28(7,8)9;;;;/h19-21H,1-18H3;3*1H;/q-1;;;;. The largest absolute Gasteiger partial charge is 0.213 e. The first-order valence-corrected chi connectivity index (χ1v) is 14.9. The maximum absolute atomic E-state index is 5.30. The quantitative estimate of drug-likeness (QED) is 0.207. The number of hydrogen-bond donors (Lipinski definition) is 0. The third-order valence-electron chi connectivity index (χ3n) is 8.86. The number of rotatable bonds is 3. The van der Waals surface area contributed by atoms with Crippen molar-refractivity contribution >= 4 is 37.2 Å². The normalized spacial score (nSPS) is 27.2. The van der Waals surface area contributed by atoms with E-state index in [1.54, 1.807) is 0 Å². The summed E-state index contributed by atoms with van der Waals surface area (Å²) >= 11 is 0. The molecule has 3 aliphatic heterocycles. The van der Waals surface area contributed by atoms with Crippen LogP contribution in [-0.4, -0.2) is 16.6 Å². The van der Waals surface area contributed by atoms with Gasteiger partial charge in [-0.15, -0.1) is 37.2 Å². The first-order chi connectivity index (χ1) is 17.6. The molecule has 0 aliphatic carbocycles. The van der Waals surface area contributed by atoms with Crippen molar-refractivity contribution < 1.29 is 21.7 Å². The Labute approximate surface area is 303 Å². The van der Waals surface area contributed by atoms with Crippen LogP contribution >= 0.6 is 37.2 Å². The summed E-state index contributed by atoms with van der Waals surface area (Å²) in [6.07, 6.45) is 6.96. The Kier molecular flexibility index (Phi) is 13.8. The Morgan fingerprint density at radius 1 is 0.409 bits per heavy atom. The fraction of sp³-hybridized carbons (Fsp3) is 0.794. The maximum atomic E-state index is 5.30. The summed E-state index contributed by atoms with van der Waals surface area (Å²) in [5.74, 6) is 1.09. The van der Waals surface area contributed by atoms with Gasteiger partial charge in [-0.05, 0) is 32.9 Å². The third kappa shape index (κ3) is 7.50. The van der Waals surface area contributed by atoms with Gasteiger partial charge in [-0.1, -0.05) is 143 Å². The molecular weight excluding hydrogens is 647 g/mol. The number of hydrogen-bond acceptors (Lipinski definition) is 6. The minimum Gasteiger partial charge on any atom is -0.213 e. The molecule has 0 fully saturated rings. The van der Waals surface area contributed by atoms with E-state index in [0.29, 0.717) is 0 Å². The third-order valence-corrected chi connectivity index (χ3v) is 8.86. The van der Waals surface area contributed by atoms with Crippen LogP contribution in [0.1, 0.15) is 125 Å². The SMILES string of the molecule is CC(C)(C)C1=CC([C-](C2(C(C)(C)C)C=C(C(C)(C)C)N=N2)C2(C(C)(C)C)C=C(C(C)(C)C)N=N2)(C(C)(C)C)N=N1.Cl.Cl.Cl.[Ti]. The Balaban J connectivity index is 0. The summed E-state index contributed by atoms with van der Waals surface area (Å²) < 4.78 is 0. The Morgan fingerprint density at radius 3 is 0.705 bits per heavy atom. The summed E-state index contributed by atoms with van der Waals surface area (Å²) in [4.78, 5) is 0. The number of azo groups is 3. The molecule has 3 rings (SSSR count). The second kappa shape index (κ2) is 13.2. The van der Waals surface area contributed by atoms with E-state index in [2.05, 4.69) is 143 Å². The summed E-state index contributed by atoms with van der Waals surface area (Å²) in [6.45, 7) is 40.2. The zero-order chi connectivity index (χ0) is 31.2. The van der Waals surface area contributed by atoms with E-state index in [-0.39, 0.29) is 91.4 Å². The van der Waals surface area contributed by atoms with Crippen LogP contribution in [0, 0.1) is 38.4 Å². The van der Waals surface area contributed by atoms with Gasteiger partial charge in [0.05, 0.1) is 17.1 Å². The number of allylic oxidation sites excluding steroid dienone is 3. The molecule has 0 saturated carbocycles. The minimum absolute atomic E-state index is 0. The molecule has 3 atom stereocenters. The van der Waals surface area contributed by atoms with E-state index in [9.17, 15) is 0 Å². The molecule has 6 nitrogen and oxygen atoms in total. The van der Waals surface area contributed by atoms with Crippen molar-refractivity contribution in [2.45, 2.75) is 141 Å². The van der Waals surface area contributed by atoms with E-state index in [4.69, 9.17) is 30.7 Å². The molecule has 0 aromatic heterocycles. The van der Waals surface area contributed by atoms with Crippen molar-refractivity contribution in [1.29, 1.82) is 0 Å². The fourth-order valence-corrected chi connectivity index (χ4v) is 5.73. The first-order valence-electron chi connectivity index (χ1n) is 14.9. The maximum Gasteiger partial charge on any atom is 0.0637 e. The molecule has 0 N–H and O–H groups in total. The fourth-order valence-electron chi connectivity index (χ4n) is 5.73. The van der Waals surface area contributed by atoms with E-state index in [0.717, 1.165) is 23.0 Å². The average Bonchev–Trinajstić information content (AvgIpc) is 3.44. The number of halogens is 3. The molecule has 0 spiro atoms. The topological polar surface area (TPSA) is 74.2 Å². The Bertz CT molecular complexity index is 1070. The van der Waals surface area contributed by atoms with Crippen molar-refractivity contribution in [3.05, 3.63) is 41.2 Å². The van der Waals surface area contributed by atoms with Crippen molar-refractivity contribution in [2.75, 3.05) is 0 Å². The summed E-state index contributed by atoms with van der Waals surface area (Å²) in [6, 6.07) is 0. The van der Waals surface area contributed by atoms with Crippen LogP contribution in [0.5, 0.6) is 0 Å². The molecule has 0 aromatic rings. The number of nitrogens with zero attached hydrogens (tertiary/aromatic N) is 6. The molecule has 3 unspecified atom stereocenters. The van der Waals surface area contributed by atoms with Gasteiger partial charge >= 0.3 is 0 Å². The first kappa shape index (κ1) is 45.7. The Hall–Kier alpha value is -0.396. The van der Waals surface area contributed by atoms with Gasteiger partial charge in [0.15, 0.2) is 0 Å². The minimum atomic E-state index is -0.818. The van der Waals surface area contributed by atoms with Gasteiger partial charge in [0.2, 0.25) is 0 Å². The van der Waals surface area contributed by atoms with Crippen LogP contribution in [0.15, 0.2) is 66.0 Å². The molecule has 44 heavy (non-hydrogen) atoms.